The maximum atomic E-state index is 13.1. The van der Waals surface area contributed by atoms with Gasteiger partial charge in [0, 0.05) is 19.5 Å². The highest BCUT2D eigenvalue weighted by Gasteiger charge is 2.15. The first-order valence-corrected chi connectivity index (χ1v) is 11.4. The highest BCUT2D eigenvalue weighted by Crippen LogP contribution is 2.27. The third kappa shape index (κ3) is 5.18. The number of nitrogens with zero attached hydrogens (tertiary/aromatic N) is 4. The number of methoxy groups -OCH3 is 2. The molecule has 1 amide bonds. The molecule has 9 heteroatoms. The van der Waals surface area contributed by atoms with E-state index in [1.54, 1.807) is 25.8 Å². The van der Waals surface area contributed by atoms with Crippen molar-refractivity contribution in [3.05, 3.63) is 76.0 Å². The average molecular weight is 476 g/mol. The Kier molecular flexibility index (Phi) is 7.14. The minimum absolute atomic E-state index is 0.132. The molecule has 0 spiro atoms. The lowest BCUT2D eigenvalue weighted by Gasteiger charge is -2.11. The van der Waals surface area contributed by atoms with Crippen molar-refractivity contribution in [2.24, 2.45) is 0 Å². The van der Waals surface area contributed by atoms with E-state index in [1.165, 1.54) is 10.8 Å². The second kappa shape index (κ2) is 10.4. The predicted octanol–water partition coefficient (Wildman–Crippen LogP) is 2.97. The van der Waals surface area contributed by atoms with Crippen LogP contribution in [0.2, 0.25) is 0 Å². The monoisotopic (exact) mass is 475 g/mol. The first-order valence-electron chi connectivity index (χ1n) is 11.4. The van der Waals surface area contributed by atoms with Crippen molar-refractivity contribution < 1.29 is 14.3 Å². The van der Waals surface area contributed by atoms with E-state index in [0.717, 1.165) is 16.8 Å². The molecular formula is C26H29N5O4. The van der Waals surface area contributed by atoms with Gasteiger partial charge < -0.3 is 14.8 Å². The smallest absolute Gasteiger partial charge is 0.264 e. The molecule has 0 aliphatic carbocycles. The lowest BCUT2D eigenvalue weighted by Crippen LogP contribution is -2.30. The van der Waals surface area contributed by atoms with E-state index in [-0.39, 0.29) is 24.4 Å². The molecule has 0 radical (unpaired) electrons. The maximum Gasteiger partial charge on any atom is 0.264 e. The van der Waals surface area contributed by atoms with E-state index < -0.39 is 0 Å². The fraction of sp³-hybridized carbons (Fsp3) is 0.308. The molecule has 1 N–H and O–H groups in total. The number of hydrogen-bond donors (Lipinski definition) is 1. The summed E-state index contributed by atoms with van der Waals surface area (Å²) < 4.78 is 13.8. The summed E-state index contributed by atoms with van der Waals surface area (Å²) in [5, 5.41) is 7.70. The van der Waals surface area contributed by atoms with Crippen molar-refractivity contribution in [3.8, 4) is 17.2 Å². The summed E-state index contributed by atoms with van der Waals surface area (Å²) in [6, 6.07) is 13.5. The lowest BCUT2D eigenvalue weighted by atomic mass is 10.1. The van der Waals surface area contributed by atoms with Crippen molar-refractivity contribution in [1.29, 1.82) is 0 Å². The molecule has 0 saturated carbocycles. The number of nitrogens with one attached hydrogen (secondary N) is 1. The number of aryl methyl sites for hydroxylation is 2. The fourth-order valence-electron chi connectivity index (χ4n) is 3.93. The Morgan fingerprint density at radius 3 is 2.49 bits per heavy atom. The summed E-state index contributed by atoms with van der Waals surface area (Å²) in [4.78, 5) is 30.1. The zero-order valence-electron chi connectivity index (χ0n) is 20.4. The SMILES string of the molecule is COc1ccc(CCNC(=O)CCn2c(C)nc3c(cnn3-c3ccc(C)cc3)c2=O)cc1OC. The van der Waals surface area contributed by atoms with Crippen molar-refractivity contribution in [2.75, 3.05) is 20.8 Å². The highest BCUT2D eigenvalue weighted by atomic mass is 16.5. The number of rotatable bonds is 9. The molecule has 0 atom stereocenters. The molecular weight excluding hydrogens is 446 g/mol. The van der Waals surface area contributed by atoms with Crippen LogP contribution in [0.5, 0.6) is 11.5 Å². The topological polar surface area (TPSA) is 100 Å². The van der Waals surface area contributed by atoms with Crippen molar-refractivity contribution >= 4 is 16.9 Å². The van der Waals surface area contributed by atoms with Crippen molar-refractivity contribution in [3.63, 3.8) is 0 Å². The first-order chi connectivity index (χ1) is 16.9. The molecule has 35 heavy (non-hydrogen) atoms. The van der Waals surface area contributed by atoms with Gasteiger partial charge in [-0.2, -0.15) is 5.10 Å². The van der Waals surface area contributed by atoms with Crippen LogP contribution in [0.1, 0.15) is 23.4 Å². The van der Waals surface area contributed by atoms with Crippen LogP contribution >= 0.6 is 0 Å². The van der Waals surface area contributed by atoms with Gasteiger partial charge in [-0.25, -0.2) is 9.67 Å². The van der Waals surface area contributed by atoms with Crippen LogP contribution in [-0.2, 0) is 17.8 Å². The van der Waals surface area contributed by atoms with E-state index in [2.05, 4.69) is 15.4 Å². The zero-order chi connectivity index (χ0) is 24.9. The van der Waals surface area contributed by atoms with Crippen molar-refractivity contribution in [1.82, 2.24) is 24.6 Å². The fourth-order valence-corrected chi connectivity index (χ4v) is 3.93. The summed E-state index contributed by atoms with van der Waals surface area (Å²) in [7, 11) is 3.18. The molecule has 9 nitrogen and oxygen atoms in total. The Bertz CT molecular complexity index is 1410. The minimum atomic E-state index is -0.205. The molecule has 0 saturated heterocycles. The van der Waals surface area contributed by atoms with Crippen LogP contribution in [-0.4, -0.2) is 46.0 Å². The summed E-state index contributed by atoms with van der Waals surface area (Å²) in [6.45, 7) is 4.50. The standard InChI is InChI=1S/C26H29N5O4/c1-17-5-8-20(9-6-17)31-25-21(16-28-31)26(33)30(18(2)29-25)14-12-24(32)27-13-11-19-7-10-22(34-3)23(15-19)35-4/h5-10,15-16H,11-14H2,1-4H3,(H,27,32). The number of benzene rings is 2. The van der Waals surface area contributed by atoms with Gasteiger partial charge in [-0.15, -0.1) is 0 Å². The molecule has 0 fully saturated rings. The van der Waals surface area contributed by atoms with Crippen molar-refractivity contribution in [2.45, 2.75) is 33.2 Å². The molecule has 0 aliphatic rings. The van der Waals surface area contributed by atoms with Gasteiger partial charge >= 0.3 is 0 Å². The van der Waals surface area contributed by atoms with E-state index in [9.17, 15) is 9.59 Å². The summed E-state index contributed by atoms with van der Waals surface area (Å²) in [5.74, 6) is 1.72. The van der Waals surface area contributed by atoms with Crippen LogP contribution in [0.25, 0.3) is 16.7 Å². The van der Waals surface area contributed by atoms with Crippen LogP contribution in [0, 0.1) is 13.8 Å². The van der Waals surface area contributed by atoms with Crippen LogP contribution in [0.3, 0.4) is 0 Å². The number of hydrogen-bond acceptors (Lipinski definition) is 6. The molecule has 0 bridgehead atoms. The van der Waals surface area contributed by atoms with Gasteiger partial charge in [0.1, 0.15) is 11.2 Å². The molecule has 2 aromatic heterocycles. The Hall–Kier alpha value is -4.14. The average Bonchev–Trinajstić information content (AvgIpc) is 3.28. The molecule has 182 valence electrons. The second-order valence-corrected chi connectivity index (χ2v) is 8.28. The predicted molar refractivity (Wildman–Crippen MR) is 133 cm³/mol. The molecule has 2 heterocycles. The second-order valence-electron chi connectivity index (χ2n) is 8.28. The van der Waals surface area contributed by atoms with Gasteiger partial charge in [0.05, 0.1) is 26.1 Å². The van der Waals surface area contributed by atoms with Gasteiger partial charge in [0.25, 0.3) is 5.56 Å². The van der Waals surface area contributed by atoms with Gasteiger partial charge in [-0.1, -0.05) is 23.8 Å². The first kappa shape index (κ1) is 24.0. The lowest BCUT2D eigenvalue weighted by molar-refractivity contribution is -0.121. The third-order valence-corrected chi connectivity index (χ3v) is 5.90. The van der Waals surface area contributed by atoms with Gasteiger partial charge in [0.2, 0.25) is 5.91 Å². The normalized spacial score (nSPS) is 11.0. The summed E-state index contributed by atoms with van der Waals surface area (Å²) in [6.07, 6.45) is 2.35. The van der Waals surface area contributed by atoms with E-state index in [4.69, 9.17) is 9.47 Å². The molecule has 4 rings (SSSR count). The summed E-state index contributed by atoms with van der Waals surface area (Å²) >= 11 is 0. The number of amides is 1. The van der Waals surface area contributed by atoms with Gasteiger partial charge in [0.15, 0.2) is 17.1 Å². The Morgan fingerprint density at radius 2 is 1.77 bits per heavy atom. The third-order valence-electron chi connectivity index (χ3n) is 5.90. The molecule has 0 aliphatic heterocycles. The minimum Gasteiger partial charge on any atom is -0.493 e. The summed E-state index contributed by atoms with van der Waals surface area (Å²) in [5.41, 5.74) is 3.30. The zero-order valence-corrected chi connectivity index (χ0v) is 20.4. The number of carbonyl (C=O) groups excluding carboxylic acids is 1. The largest absolute Gasteiger partial charge is 0.493 e. The quantitative estimate of drug-likeness (QED) is 0.400. The number of fused-ring (bicyclic) bond motifs is 1. The highest BCUT2D eigenvalue weighted by molar-refractivity contribution is 5.76. The molecule has 0 unspecified atom stereocenters. The van der Waals surface area contributed by atoms with Gasteiger partial charge in [-0.05, 0) is 50.1 Å². The van der Waals surface area contributed by atoms with E-state index >= 15 is 0 Å². The van der Waals surface area contributed by atoms with E-state index in [0.29, 0.717) is 41.3 Å². The van der Waals surface area contributed by atoms with E-state index in [1.807, 2.05) is 49.4 Å². The van der Waals surface area contributed by atoms with Crippen LogP contribution < -0.4 is 20.3 Å². The number of ether oxygens (including phenoxy) is 2. The number of carbonyl (C=O) groups is 1. The maximum absolute atomic E-state index is 13.1. The van der Waals surface area contributed by atoms with Crippen LogP contribution in [0.4, 0.5) is 0 Å². The number of aromatic nitrogens is 4. The Morgan fingerprint density at radius 1 is 1.03 bits per heavy atom. The Balaban J connectivity index is 1.39. The molecule has 2 aromatic carbocycles. The van der Waals surface area contributed by atoms with Crippen LogP contribution in [0.15, 0.2) is 53.5 Å². The molecule has 4 aromatic rings. The van der Waals surface area contributed by atoms with Gasteiger partial charge in [-0.3, -0.25) is 14.2 Å². The Labute approximate surface area is 203 Å².